The summed E-state index contributed by atoms with van der Waals surface area (Å²) in [6.07, 6.45) is 2.47. The Bertz CT molecular complexity index is 764. The molecule has 0 aliphatic heterocycles. The molecule has 0 aliphatic rings. The van der Waals surface area contributed by atoms with Gasteiger partial charge < -0.3 is 15.5 Å². The first-order chi connectivity index (χ1) is 12.4. The quantitative estimate of drug-likeness (QED) is 0.434. The number of hydrogen-bond acceptors (Lipinski definition) is 6. The highest BCUT2D eigenvalue weighted by Crippen LogP contribution is 2.21. The van der Waals surface area contributed by atoms with Gasteiger partial charge in [0.15, 0.2) is 0 Å². The maximum atomic E-state index is 12.5. The number of amides is 1. The van der Waals surface area contributed by atoms with E-state index < -0.39 is 35.6 Å². The number of carbonyl (C=O) groups is 1. The Hall–Kier alpha value is -2.30. The average Bonchev–Trinajstić information content (AvgIpc) is 3.05. The second kappa shape index (κ2) is 8.88. The standard InChI is InChI=1S/C16H19BrN4O5/c1-2-14(20-8-11(17)7-18-20)16(24)19-13(9-22)15(23)10-3-5-12(6-4-10)21(25)26/h3-8,13-15,22-23H,2,9H2,1H3,(H,19,24). The number of nitro benzene ring substituents is 1. The largest absolute Gasteiger partial charge is 0.394 e. The summed E-state index contributed by atoms with van der Waals surface area (Å²) >= 11 is 3.27. The molecule has 0 radical (unpaired) electrons. The second-order valence-electron chi connectivity index (χ2n) is 5.65. The number of aromatic nitrogens is 2. The van der Waals surface area contributed by atoms with Gasteiger partial charge in [0.1, 0.15) is 12.1 Å². The number of nitro groups is 1. The van der Waals surface area contributed by atoms with Gasteiger partial charge in [0.05, 0.1) is 28.2 Å². The van der Waals surface area contributed by atoms with Gasteiger partial charge >= 0.3 is 0 Å². The lowest BCUT2D eigenvalue weighted by atomic mass is 10.0. The fourth-order valence-electron chi connectivity index (χ4n) is 2.51. The van der Waals surface area contributed by atoms with E-state index in [1.807, 2.05) is 6.92 Å². The predicted octanol–water partition coefficient (Wildman–Crippen LogP) is 1.72. The predicted molar refractivity (Wildman–Crippen MR) is 96.3 cm³/mol. The first-order valence-corrected chi connectivity index (χ1v) is 8.70. The molecule has 10 heteroatoms. The molecule has 0 bridgehead atoms. The van der Waals surface area contributed by atoms with Crippen LogP contribution in [-0.2, 0) is 4.79 Å². The molecule has 0 fully saturated rings. The second-order valence-corrected chi connectivity index (χ2v) is 6.57. The molecule has 9 nitrogen and oxygen atoms in total. The summed E-state index contributed by atoms with van der Waals surface area (Å²) in [7, 11) is 0. The summed E-state index contributed by atoms with van der Waals surface area (Å²) in [5.41, 5.74) is 0.241. The third kappa shape index (κ3) is 4.65. The van der Waals surface area contributed by atoms with Gasteiger partial charge in [-0.1, -0.05) is 6.92 Å². The molecule has 3 unspecified atom stereocenters. The minimum absolute atomic E-state index is 0.110. The summed E-state index contributed by atoms with van der Waals surface area (Å²) in [6, 6.07) is 3.73. The van der Waals surface area contributed by atoms with E-state index in [1.165, 1.54) is 28.9 Å². The third-order valence-electron chi connectivity index (χ3n) is 3.93. The smallest absolute Gasteiger partial charge is 0.269 e. The van der Waals surface area contributed by atoms with Crippen molar-refractivity contribution in [3.8, 4) is 0 Å². The number of aliphatic hydroxyl groups is 2. The number of benzene rings is 1. The molecule has 26 heavy (non-hydrogen) atoms. The number of nitrogens with zero attached hydrogens (tertiary/aromatic N) is 3. The van der Waals surface area contributed by atoms with Crippen LogP contribution in [0.4, 0.5) is 5.69 Å². The van der Waals surface area contributed by atoms with Crippen molar-refractivity contribution in [2.45, 2.75) is 31.5 Å². The summed E-state index contributed by atoms with van der Waals surface area (Å²) in [5.74, 6) is -0.400. The maximum absolute atomic E-state index is 12.5. The highest BCUT2D eigenvalue weighted by atomic mass is 79.9. The Morgan fingerprint density at radius 3 is 2.54 bits per heavy atom. The Balaban J connectivity index is 2.11. The molecule has 1 heterocycles. The first-order valence-electron chi connectivity index (χ1n) is 7.90. The van der Waals surface area contributed by atoms with E-state index in [0.29, 0.717) is 12.0 Å². The molecule has 0 aliphatic carbocycles. The van der Waals surface area contributed by atoms with E-state index in [4.69, 9.17) is 0 Å². The Morgan fingerprint density at radius 1 is 1.42 bits per heavy atom. The molecule has 0 spiro atoms. The van der Waals surface area contributed by atoms with E-state index >= 15 is 0 Å². The number of hydrogen-bond donors (Lipinski definition) is 3. The average molecular weight is 427 g/mol. The molecule has 140 valence electrons. The molecule has 1 amide bonds. The van der Waals surface area contributed by atoms with Gasteiger partial charge in [-0.2, -0.15) is 5.10 Å². The monoisotopic (exact) mass is 426 g/mol. The molecule has 0 saturated heterocycles. The normalized spacial score (nSPS) is 14.5. The van der Waals surface area contributed by atoms with Crippen LogP contribution in [0.3, 0.4) is 0 Å². The lowest BCUT2D eigenvalue weighted by Crippen LogP contribution is -2.45. The van der Waals surface area contributed by atoms with Crippen LogP contribution in [0.25, 0.3) is 0 Å². The number of aliphatic hydroxyl groups excluding tert-OH is 2. The number of non-ortho nitro benzene ring substituents is 1. The van der Waals surface area contributed by atoms with Gasteiger partial charge in [-0.3, -0.25) is 19.6 Å². The SMILES string of the molecule is CCC(C(=O)NC(CO)C(O)c1ccc([N+](=O)[O-])cc1)n1cc(Br)cn1. The molecule has 1 aromatic carbocycles. The van der Waals surface area contributed by atoms with Crippen molar-refractivity contribution in [1.29, 1.82) is 0 Å². The molecule has 2 aromatic rings. The van der Waals surface area contributed by atoms with E-state index in [0.717, 1.165) is 4.47 Å². The van der Waals surface area contributed by atoms with Crippen LogP contribution < -0.4 is 5.32 Å². The zero-order chi connectivity index (χ0) is 19.3. The number of rotatable bonds is 8. The van der Waals surface area contributed by atoms with Gasteiger partial charge in [0.25, 0.3) is 5.69 Å². The van der Waals surface area contributed by atoms with Crippen LogP contribution >= 0.6 is 15.9 Å². The van der Waals surface area contributed by atoms with Crippen LogP contribution in [0.5, 0.6) is 0 Å². The minimum Gasteiger partial charge on any atom is -0.394 e. The Morgan fingerprint density at radius 2 is 2.08 bits per heavy atom. The van der Waals surface area contributed by atoms with Crippen molar-refractivity contribution in [2.75, 3.05) is 6.61 Å². The lowest BCUT2D eigenvalue weighted by Gasteiger charge is -2.25. The van der Waals surface area contributed by atoms with Gasteiger partial charge in [0, 0.05) is 18.3 Å². The molecule has 1 aromatic heterocycles. The van der Waals surface area contributed by atoms with Crippen LogP contribution in [0.15, 0.2) is 41.1 Å². The molecule has 2 rings (SSSR count). The van der Waals surface area contributed by atoms with Crippen molar-refractivity contribution in [3.05, 3.63) is 56.8 Å². The topological polar surface area (TPSA) is 131 Å². The molecule has 0 saturated carbocycles. The lowest BCUT2D eigenvalue weighted by molar-refractivity contribution is -0.384. The molecule has 3 N–H and O–H groups in total. The van der Waals surface area contributed by atoms with Gasteiger partial charge in [-0.15, -0.1) is 0 Å². The maximum Gasteiger partial charge on any atom is 0.269 e. The van der Waals surface area contributed by atoms with E-state index in [1.54, 1.807) is 12.4 Å². The third-order valence-corrected chi connectivity index (χ3v) is 4.34. The van der Waals surface area contributed by atoms with Crippen molar-refractivity contribution in [3.63, 3.8) is 0 Å². The van der Waals surface area contributed by atoms with Crippen molar-refractivity contribution >= 4 is 27.5 Å². The van der Waals surface area contributed by atoms with Crippen LogP contribution in [0.1, 0.15) is 31.1 Å². The van der Waals surface area contributed by atoms with E-state index in [-0.39, 0.29) is 5.69 Å². The molecule has 3 atom stereocenters. The number of carbonyl (C=O) groups excluding carboxylic acids is 1. The van der Waals surface area contributed by atoms with Crippen LogP contribution in [-0.4, -0.2) is 43.5 Å². The van der Waals surface area contributed by atoms with E-state index in [2.05, 4.69) is 26.3 Å². The van der Waals surface area contributed by atoms with Crippen molar-refractivity contribution in [2.24, 2.45) is 0 Å². The Labute approximate surface area is 157 Å². The van der Waals surface area contributed by atoms with Crippen LogP contribution in [0.2, 0.25) is 0 Å². The summed E-state index contributed by atoms with van der Waals surface area (Å²) < 4.78 is 2.22. The number of nitrogens with one attached hydrogen (secondary N) is 1. The van der Waals surface area contributed by atoms with Gasteiger partial charge in [-0.25, -0.2) is 0 Å². The fraction of sp³-hybridized carbons (Fsp3) is 0.375. The first kappa shape index (κ1) is 20.0. The molecular weight excluding hydrogens is 408 g/mol. The van der Waals surface area contributed by atoms with Gasteiger partial charge in [-0.05, 0) is 40.0 Å². The summed E-state index contributed by atoms with van der Waals surface area (Å²) in [6.45, 7) is 1.32. The zero-order valence-electron chi connectivity index (χ0n) is 13.9. The van der Waals surface area contributed by atoms with Crippen LogP contribution in [0, 0.1) is 10.1 Å². The minimum atomic E-state index is -1.22. The highest BCUT2D eigenvalue weighted by molar-refractivity contribution is 9.10. The zero-order valence-corrected chi connectivity index (χ0v) is 15.5. The highest BCUT2D eigenvalue weighted by Gasteiger charge is 2.27. The summed E-state index contributed by atoms with van der Waals surface area (Å²) in [5, 5.41) is 37.4. The van der Waals surface area contributed by atoms with Crippen molar-refractivity contribution < 1.29 is 19.9 Å². The fourth-order valence-corrected chi connectivity index (χ4v) is 2.81. The number of halogens is 1. The van der Waals surface area contributed by atoms with E-state index in [9.17, 15) is 25.1 Å². The molecular formula is C16H19BrN4O5. The Kier molecular flexibility index (Phi) is 6.83. The van der Waals surface area contributed by atoms with Crippen molar-refractivity contribution in [1.82, 2.24) is 15.1 Å². The summed E-state index contributed by atoms with van der Waals surface area (Å²) in [4.78, 5) is 22.7. The van der Waals surface area contributed by atoms with Gasteiger partial charge in [0.2, 0.25) is 5.91 Å².